The number of H-pyrrole nitrogens is 1. The maximum absolute atomic E-state index is 13.1. The van der Waals surface area contributed by atoms with Crippen LogP contribution in [0, 0.1) is 20.8 Å². The summed E-state index contributed by atoms with van der Waals surface area (Å²) in [5, 5.41) is 2.89. The summed E-state index contributed by atoms with van der Waals surface area (Å²) in [5.41, 5.74) is 4.37. The van der Waals surface area contributed by atoms with Gasteiger partial charge in [-0.15, -0.1) is 0 Å². The molecule has 8 heteroatoms. The summed E-state index contributed by atoms with van der Waals surface area (Å²) >= 11 is 0. The van der Waals surface area contributed by atoms with Crippen molar-refractivity contribution in [1.82, 2.24) is 10.3 Å². The van der Waals surface area contributed by atoms with Crippen LogP contribution in [0.25, 0.3) is 10.9 Å². The molecule has 35 heavy (non-hydrogen) atoms. The summed E-state index contributed by atoms with van der Waals surface area (Å²) in [6.45, 7) is 6.14. The number of aromatic amines is 1. The number of nitrogens with one attached hydrogen (secondary N) is 3. The number of sulfonamides is 1. The molecule has 180 valence electrons. The van der Waals surface area contributed by atoms with Crippen molar-refractivity contribution < 1.29 is 13.2 Å². The van der Waals surface area contributed by atoms with Crippen LogP contribution in [0.1, 0.15) is 32.6 Å². The predicted molar refractivity (Wildman–Crippen MR) is 139 cm³/mol. The molecular formula is C27H27N3O4S. The molecule has 1 amide bonds. The highest BCUT2D eigenvalue weighted by Gasteiger charge is 2.18. The van der Waals surface area contributed by atoms with Crippen molar-refractivity contribution in [2.45, 2.75) is 32.1 Å². The van der Waals surface area contributed by atoms with Crippen molar-refractivity contribution in [1.29, 1.82) is 0 Å². The molecule has 4 aromatic rings. The first-order valence-corrected chi connectivity index (χ1v) is 12.7. The van der Waals surface area contributed by atoms with Crippen LogP contribution >= 0.6 is 0 Å². The van der Waals surface area contributed by atoms with E-state index in [2.05, 4.69) is 15.0 Å². The highest BCUT2D eigenvalue weighted by Crippen LogP contribution is 2.21. The molecule has 7 nitrogen and oxygen atoms in total. The lowest BCUT2D eigenvalue weighted by atomic mass is 10.1. The van der Waals surface area contributed by atoms with Crippen LogP contribution in [-0.2, 0) is 16.4 Å². The Labute approximate surface area is 204 Å². The molecule has 0 bridgehead atoms. The van der Waals surface area contributed by atoms with Crippen LogP contribution in [-0.4, -0.2) is 25.9 Å². The van der Waals surface area contributed by atoms with E-state index >= 15 is 0 Å². The highest BCUT2D eigenvalue weighted by molar-refractivity contribution is 7.92. The number of pyridine rings is 1. The molecule has 3 N–H and O–H groups in total. The Hall–Kier alpha value is -3.91. The third kappa shape index (κ3) is 5.60. The Morgan fingerprint density at radius 2 is 1.57 bits per heavy atom. The quantitative estimate of drug-likeness (QED) is 0.361. The number of carbonyl (C=O) groups excluding carboxylic acids is 1. The maximum Gasteiger partial charge on any atom is 0.261 e. The molecule has 0 spiro atoms. The zero-order valence-corrected chi connectivity index (χ0v) is 20.6. The average Bonchev–Trinajstić information content (AvgIpc) is 2.79. The van der Waals surface area contributed by atoms with Crippen LogP contribution in [0.15, 0.2) is 76.6 Å². The number of amides is 1. The topological polar surface area (TPSA) is 108 Å². The molecule has 0 unspecified atom stereocenters. The van der Waals surface area contributed by atoms with E-state index in [0.29, 0.717) is 24.2 Å². The molecule has 0 aliphatic heterocycles. The number of rotatable bonds is 7. The van der Waals surface area contributed by atoms with Crippen LogP contribution in [0.3, 0.4) is 0 Å². The molecular weight excluding hydrogens is 462 g/mol. The van der Waals surface area contributed by atoms with E-state index in [9.17, 15) is 18.0 Å². The molecule has 0 saturated heterocycles. The Kier molecular flexibility index (Phi) is 6.75. The summed E-state index contributed by atoms with van der Waals surface area (Å²) in [4.78, 5) is 28.6. The van der Waals surface area contributed by atoms with Gasteiger partial charge in [0.05, 0.1) is 4.90 Å². The third-order valence-corrected chi connectivity index (χ3v) is 7.08. The van der Waals surface area contributed by atoms with Crippen molar-refractivity contribution in [3.05, 3.63) is 105 Å². The van der Waals surface area contributed by atoms with Crippen molar-refractivity contribution in [3.63, 3.8) is 0 Å². The van der Waals surface area contributed by atoms with E-state index < -0.39 is 21.4 Å². The molecule has 0 aliphatic carbocycles. The van der Waals surface area contributed by atoms with E-state index in [1.54, 1.807) is 12.1 Å². The van der Waals surface area contributed by atoms with Gasteiger partial charge in [-0.2, -0.15) is 0 Å². The number of hydrogen-bond donors (Lipinski definition) is 3. The minimum Gasteiger partial charge on any atom is -0.360 e. The van der Waals surface area contributed by atoms with Gasteiger partial charge in [-0.25, -0.2) is 8.42 Å². The molecule has 1 aromatic heterocycles. The van der Waals surface area contributed by atoms with Gasteiger partial charge in [0.15, 0.2) is 0 Å². The van der Waals surface area contributed by atoms with Gasteiger partial charge < -0.3 is 10.3 Å². The summed E-state index contributed by atoms with van der Waals surface area (Å²) < 4.78 is 28.6. The summed E-state index contributed by atoms with van der Waals surface area (Å²) in [7, 11) is -3.94. The van der Waals surface area contributed by atoms with Crippen molar-refractivity contribution in [3.8, 4) is 0 Å². The van der Waals surface area contributed by atoms with Gasteiger partial charge in [0.25, 0.3) is 15.9 Å². The molecule has 1 heterocycles. The molecule has 3 aromatic carbocycles. The van der Waals surface area contributed by atoms with E-state index in [0.717, 1.165) is 22.3 Å². The van der Waals surface area contributed by atoms with Gasteiger partial charge in [0.1, 0.15) is 5.56 Å². The molecule has 0 atom stereocenters. The SMILES string of the molecule is Cc1ccc(CCNC(=O)c2c[nH]c3ccc(S(=O)(=O)Nc4cc(C)cc(C)c4)cc3c2=O)cc1. The standard InChI is InChI=1S/C27H27N3O4S/c1-17-4-6-20(7-5-17)10-11-28-27(32)24-16-29-25-9-8-22(15-23(25)26(24)31)35(33,34)30-21-13-18(2)12-19(3)14-21/h4-9,12-16,30H,10-11H2,1-3H3,(H,28,32)(H,29,31). The number of fused-ring (bicyclic) bond motifs is 1. The second kappa shape index (κ2) is 9.76. The second-order valence-corrected chi connectivity index (χ2v) is 10.4. The lowest BCUT2D eigenvalue weighted by Crippen LogP contribution is -2.30. The number of carbonyl (C=O) groups is 1. The van der Waals surface area contributed by atoms with Crippen molar-refractivity contribution >= 4 is 32.5 Å². The van der Waals surface area contributed by atoms with Gasteiger partial charge in [0.2, 0.25) is 5.43 Å². The second-order valence-electron chi connectivity index (χ2n) is 8.71. The zero-order chi connectivity index (χ0) is 25.2. The minimum absolute atomic E-state index is 0.0633. The Bertz CT molecular complexity index is 1550. The lowest BCUT2D eigenvalue weighted by molar-refractivity contribution is 0.0953. The Morgan fingerprint density at radius 1 is 0.886 bits per heavy atom. The van der Waals surface area contributed by atoms with E-state index in [4.69, 9.17) is 0 Å². The lowest BCUT2D eigenvalue weighted by Gasteiger charge is -2.11. The number of anilines is 1. The van der Waals surface area contributed by atoms with E-state index in [1.807, 2.05) is 51.1 Å². The Morgan fingerprint density at radius 3 is 2.26 bits per heavy atom. The maximum atomic E-state index is 13.1. The molecule has 0 fully saturated rings. The van der Waals surface area contributed by atoms with Gasteiger partial charge in [0, 0.05) is 29.3 Å². The first-order valence-electron chi connectivity index (χ1n) is 11.2. The van der Waals surface area contributed by atoms with Crippen molar-refractivity contribution in [2.24, 2.45) is 0 Å². The molecule has 4 rings (SSSR count). The van der Waals surface area contributed by atoms with Crippen LogP contribution in [0.4, 0.5) is 5.69 Å². The highest BCUT2D eigenvalue weighted by atomic mass is 32.2. The van der Waals surface area contributed by atoms with Gasteiger partial charge in [-0.1, -0.05) is 35.9 Å². The number of hydrogen-bond acceptors (Lipinski definition) is 4. The van der Waals surface area contributed by atoms with Crippen molar-refractivity contribution in [2.75, 3.05) is 11.3 Å². The van der Waals surface area contributed by atoms with E-state index in [-0.39, 0.29) is 15.8 Å². The summed E-state index contributed by atoms with van der Waals surface area (Å²) in [6.07, 6.45) is 1.98. The normalized spacial score (nSPS) is 11.4. The summed E-state index contributed by atoms with van der Waals surface area (Å²) in [6, 6.07) is 17.7. The van der Waals surface area contributed by atoms with Crippen LogP contribution in [0.2, 0.25) is 0 Å². The smallest absolute Gasteiger partial charge is 0.261 e. The number of benzene rings is 3. The third-order valence-electron chi connectivity index (χ3n) is 5.70. The molecule has 0 saturated carbocycles. The fraction of sp³-hybridized carbons (Fsp3) is 0.185. The van der Waals surface area contributed by atoms with Gasteiger partial charge in [-0.3, -0.25) is 14.3 Å². The fourth-order valence-corrected chi connectivity index (χ4v) is 5.02. The Balaban J connectivity index is 1.56. The van der Waals surface area contributed by atoms with Crippen LogP contribution in [0.5, 0.6) is 0 Å². The predicted octanol–water partition coefficient (Wildman–Crippen LogP) is 4.23. The largest absolute Gasteiger partial charge is 0.360 e. The van der Waals surface area contributed by atoms with Gasteiger partial charge >= 0.3 is 0 Å². The van der Waals surface area contributed by atoms with Gasteiger partial charge in [-0.05, 0) is 74.2 Å². The summed E-state index contributed by atoms with van der Waals surface area (Å²) in [5.74, 6) is -0.512. The fourth-order valence-electron chi connectivity index (χ4n) is 3.95. The minimum atomic E-state index is -3.94. The van der Waals surface area contributed by atoms with Crippen LogP contribution < -0.4 is 15.5 Å². The first kappa shape index (κ1) is 24.2. The van der Waals surface area contributed by atoms with E-state index in [1.165, 1.54) is 24.4 Å². The molecule has 0 radical (unpaired) electrons. The average molecular weight is 490 g/mol. The first-order chi connectivity index (χ1) is 16.6. The number of aryl methyl sites for hydroxylation is 3. The zero-order valence-electron chi connectivity index (χ0n) is 19.8. The monoisotopic (exact) mass is 489 g/mol. The molecule has 0 aliphatic rings. The number of aromatic nitrogens is 1.